The van der Waals surface area contributed by atoms with Crippen LogP contribution in [0.3, 0.4) is 0 Å². The van der Waals surface area contributed by atoms with E-state index in [0.29, 0.717) is 12.4 Å². The molecular weight excluding hydrogens is 256 g/mol. The molecule has 104 valence electrons. The number of hydrogen-bond acceptors (Lipinski definition) is 3. The molecule has 0 saturated carbocycles. The van der Waals surface area contributed by atoms with Crippen LogP contribution in [0.2, 0.25) is 0 Å². The van der Waals surface area contributed by atoms with Gasteiger partial charge in [0.25, 0.3) is 0 Å². The lowest BCUT2D eigenvalue weighted by Crippen LogP contribution is -2.55. The normalized spacial score (nSPS) is 10.2. The molecule has 0 N–H and O–H groups in total. The molecule has 0 bridgehead atoms. The summed E-state index contributed by atoms with van der Waals surface area (Å²) in [7, 11) is 0. The van der Waals surface area contributed by atoms with E-state index in [0.717, 1.165) is 5.56 Å². The lowest BCUT2D eigenvalue weighted by atomic mass is 10.3. The van der Waals surface area contributed by atoms with Gasteiger partial charge in [-0.05, 0) is 23.8 Å². The second-order valence-corrected chi connectivity index (χ2v) is 4.07. The number of rotatable bonds is 6. The zero-order valence-corrected chi connectivity index (χ0v) is 11.4. The molecule has 5 nitrogen and oxygen atoms in total. The van der Waals surface area contributed by atoms with E-state index in [4.69, 9.17) is 9.57 Å². The van der Waals surface area contributed by atoms with Gasteiger partial charge in [0.1, 0.15) is 6.20 Å². The summed E-state index contributed by atoms with van der Waals surface area (Å²) < 4.78 is 7.87. The number of para-hydroxylation sites is 1. The fourth-order valence-electron chi connectivity index (χ4n) is 1.63. The molecule has 0 atom stereocenters. The maximum atomic E-state index is 12.2. The van der Waals surface area contributed by atoms with Crippen LogP contribution in [-0.2, 0) is 11.5 Å². The molecule has 0 aliphatic heterocycles. The zero-order chi connectivity index (χ0) is 14.4. The number of benzene rings is 1. The van der Waals surface area contributed by atoms with Crippen LogP contribution in [-0.4, -0.2) is 11.3 Å². The van der Waals surface area contributed by atoms with Gasteiger partial charge in [-0.3, -0.25) is 4.84 Å². The summed E-state index contributed by atoms with van der Waals surface area (Å²) in [5.41, 5.74) is 0.452. The fraction of sp³-hybridized carbons (Fsp3) is 0.200. The molecule has 1 heterocycles. The lowest BCUT2D eigenvalue weighted by Gasteiger charge is -2.05. The average molecular weight is 273 g/mol. The highest BCUT2D eigenvalue weighted by Gasteiger charge is 2.14. The molecule has 0 fully saturated rings. The Bertz CT molecular complexity index is 635. The second kappa shape index (κ2) is 6.68. The van der Waals surface area contributed by atoms with E-state index in [-0.39, 0.29) is 12.4 Å². The first-order valence-corrected chi connectivity index (χ1v) is 6.34. The Labute approximate surface area is 117 Å². The van der Waals surface area contributed by atoms with Gasteiger partial charge < -0.3 is 4.74 Å². The van der Waals surface area contributed by atoms with Crippen LogP contribution in [0, 0.1) is 0 Å². The summed E-state index contributed by atoms with van der Waals surface area (Å²) in [5, 5.41) is 0. The maximum absolute atomic E-state index is 12.2. The van der Waals surface area contributed by atoms with E-state index in [1.165, 1.54) is 9.30 Å². The highest BCUT2D eigenvalue weighted by molar-refractivity contribution is 5.42. The first-order valence-electron chi connectivity index (χ1n) is 6.34. The third-order valence-electron chi connectivity index (χ3n) is 2.62. The molecule has 2 rings (SSSR count). The van der Waals surface area contributed by atoms with Gasteiger partial charge in [-0.25, -0.2) is 0 Å². The SMILES string of the molecule is C=Cc1cn(Oc2ccccc2)c(=O)[n+](COCC)c1. The van der Waals surface area contributed by atoms with Gasteiger partial charge in [-0.2, -0.15) is 9.36 Å². The van der Waals surface area contributed by atoms with Crippen molar-refractivity contribution in [3.63, 3.8) is 0 Å². The molecule has 1 aromatic carbocycles. The van der Waals surface area contributed by atoms with Crippen LogP contribution in [0.25, 0.3) is 6.08 Å². The largest absolute Gasteiger partial charge is 0.539 e. The molecule has 5 heteroatoms. The molecule has 0 aliphatic rings. The van der Waals surface area contributed by atoms with E-state index in [1.54, 1.807) is 30.6 Å². The summed E-state index contributed by atoms with van der Waals surface area (Å²) in [6, 6.07) is 9.11. The Morgan fingerprint density at radius 2 is 2.10 bits per heavy atom. The number of aromatic nitrogens is 2. The maximum Gasteiger partial charge on any atom is 0.539 e. The monoisotopic (exact) mass is 273 g/mol. The van der Waals surface area contributed by atoms with E-state index in [2.05, 4.69) is 6.58 Å². The second-order valence-electron chi connectivity index (χ2n) is 4.07. The van der Waals surface area contributed by atoms with Crippen molar-refractivity contribution in [2.24, 2.45) is 0 Å². The zero-order valence-electron chi connectivity index (χ0n) is 11.4. The standard InChI is InChI=1S/C15H17N2O3/c1-3-13-10-16(12-19-4-2)15(18)17(11-13)20-14-8-6-5-7-9-14/h3,5-11H,1,4,12H2,2H3/q+1. The van der Waals surface area contributed by atoms with Crippen molar-refractivity contribution in [3.8, 4) is 5.75 Å². The molecule has 20 heavy (non-hydrogen) atoms. The van der Waals surface area contributed by atoms with E-state index >= 15 is 0 Å². The summed E-state index contributed by atoms with van der Waals surface area (Å²) in [5.74, 6) is 0.582. The molecule has 0 saturated heterocycles. The third kappa shape index (κ3) is 3.33. The van der Waals surface area contributed by atoms with Crippen LogP contribution in [0.4, 0.5) is 0 Å². The summed E-state index contributed by atoms with van der Waals surface area (Å²) in [4.78, 5) is 17.8. The Morgan fingerprint density at radius 3 is 2.75 bits per heavy atom. The Hall–Kier alpha value is -2.40. The van der Waals surface area contributed by atoms with E-state index in [1.807, 2.05) is 25.1 Å². The predicted molar refractivity (Wildman–Crippen MR) is 75.1 cm³/mol. The topological polar surface area (TPSA) is 44.3 Å². The van der Waals surface area contributed by atoms with Gasteiger partial charge in [-0.1, -0.05) is 30.9 Å². The van der Waals surface area contributed by atoms with Gasteiger partial charge in [0.2, 0.25) is 0 Å². The van der Waals surface area contributed by atoms with Crippen molar-refractivity contribution in [2.75, 3.05) is 6.61 Å². The van der Waals surface area contributed by atoms with E-state index in [9.17, 15) is 4.79 Å². The minimum atomic E-state index is -0.312. The van der Waals surface area contributed by atoms with Crippen molar-refractivity contribution in [1.82, 2.24) is 4.73 Å². The van der Waals surface area contributed by atoms with E-state index < -0.39 is 0 Å². The van der Waals surface area contributed by atoms with Crippen molar-refractivity contribution in [2.45, 2.75) is 13.7 Å². The number of ether oxygens (including phenoxy) is 1. The van der Waals surface area contributed by atoms with Gasteiger partial charge in [-0.15, -0.1) is 0 Å². The summed E-state index contributed by atoms with van der Waals surface area (Å²) in [6.07, 6.45) is 4.91. The van der Waals surface area contributed by atoms with Crippen LogP contribution < -0.4 is 15.1 Å². The molecule has 1 aromatic heterocycles. The predicted octanol–water partition coefficient (Wildman–Crippen LogP) is 1.61. The number of hydrogen-bond donors (Lipinski definition) is 0. The van der Waals surface area contributed by atoms with Gasteiger partial charge in [0, 0.05) is 6.61 Å². The molecule has 0 radical (unpaired) electrons. The van der Waals surface area contributed by atoms with Crippen LogP contribution in [0.15, 0.2) is 54.1 Å². The Balaban J connectivity index is 2.36. The van der Waals surface area contributed by atoms with Gasteiger partial charge in [0.15, 0.2) is 18.7 Å². The van der Waals surface area contributed by atoms with Crippen LogP contribution >= 0.6 is 0 Å². The molecular formula is C15H17N2O3+. The fourth-order valence-corrected chi connectivity index (χ4v) is 1.63. The highest BCUT2D eigenvalue weighted by Crippen LogP contribution is 2.08. The van der Waals surface area contributed by atoms with Crippen molar-refractivity contribution in [1.29, 1.82) is 0 Å². The quantitative estimate of drug-likeness (QED) is 0.751. The van der Waals surface area contributed by atoms with Crippen molar-refractivity contribution >= 4 is 6.08 Å². The smallest absolute Gasteiger partial charge is 0.342 e. The molecule has 0 unspecified atom stereocenters. The van der Waals surface area contributed by atoms with Crippen molar-refractivity contribution < 1.29 is 14.1 Å². The average Bonchev–Trinajstić information content (AvgIpc) is 2.49. The minimum absolute atomic E-state index is 0.176. The molecule has 2 aromatic rings. The van der Waals surface area contributed by atoms with Crippen molar-refractivity contribution in [3.05, 3.63) is 65.4 Å². The Morgan fingerprint density at radius 1 is 1.35 bits per heavy atom. The Kier molecular flexibility index (Phi) is 4.68. The minimum Gasteiger partial charge on any atom is -0.342 e. The first-order chi connectivity index (χ1) is 9.74. The molecule has 0 amide bonds. The first kappa shape index (κ1) is 14.0. The third-order valence-corrected chi connectivity index (χ3v) is 2.62. The summed E-state index contributed by atoms with van der Waals surface area (Å²) >= 11 is 0. The molecule has 0 aliphatic carbocycles. The van der Waals surface area contributed by atoms with Gasteiger partial charge >= 0.3 is 5.69 Å². The molecule has 0 spiro atoms. The van der Waals surface area contributed by atoms with Crippen LogP contribution in [0.1, 0.15) is 12.5 Å². The number of nitrogens with zero attached hydrogens (tertiary/aromatic N) is 2. The highest BCUT2D eigenvalue weighted by atomic mass is 16.7. The van der Waals surface area contributed by atoms with Gasteiger partial charge in [0.05, 0.1) is 5.56 Å². The lowest BCUT2D eigenvalue weighted by molar-refractivity contribution is -0.750. The van der Waals surface area contributed by atoms with Crippen LogP contribution in [0.5, 0.6) is 5.75 Å². The summed E-state index contributed by atoms with van der Waals surface area (Å²) in [6.45, 7) is 6.28.